The first-order valence-electron chi connectivity index (χ1n) is 7.58. The van der Waals surface area contributed by atoms with Gasteiger partial charge >= 0.3 is 0 Å². The van der Waals surface area contributed by atoms with Crippen LogP contribution in [0.5, 0.6) is 5.75 Å². The Morgan fingerprint density at radius 1 is 1.14 bits per heavy atom. The first-order valence-corrected chi connectivity index (χ1v) is 7.58. The van der Waals surface area contributed by atoms with Crippen LogP contribution in [-0.4, -0.2) is 24.8 Å². The number of carbonyl (C=O) groups excluding carboxylic acids is 1. The first kappa shape index (κ1) is 14.8. The van der Waals surface area contributed by atoms with Gasteiger partial charge in [0.1, 0.15) is 5.75 Å². The minimum absolute atomic E-state index is 0.0316. The van der Waals surface area contributed by atoms with Crippen molar-refractivity contribution < 1.29 is 9.53 Å². The summed E-state index contributed by atoms with van der Waals surface area (Å²) in [5.74, 6) is 0.997. The zero-order chi connectivity index (χ0) is 15.7. The van der Waals surface area contributed by atoms with Crippen LogP contribution < -0.4 is 4.74 Å². The molecule has 0 bridgehead atoms. The van der Waals surface area contributed by atoms with E-state index in [1.807, 2.05) is 43.3 Å². The molecule has 0 spiro atoms. The van der Waals surface area contributed by atoms with Crippen LogP contribution >= 0.6 is 0 Å². The lowest BCUT2D eigenvalue weighted by Crippen LogP contribution is -2.27. The molecule has 0 aliphatic heterocycles. The number of ether oxygens (including phenoxy) is 1. The van der Waals surface area contributed by atoms with Crippen LogP contribution in [0.15, 0.2) is 48.5 Å². The third kappa shape index (κ3) is 2.53. The second-order valence-electron chi connectivity index (χ2n) is 5.95. The highest BCUT2D eigenvalue weighted by atomic mass is 16.5. The Labute approximate surface area is 131 Å². The SMILES string of the molecule is COc1ccc2c(c1)C(N(C)Cc1ccccc1)C(C)C2=O. The summed E-state index contributed by atoms with van der Waals surface area (Å²) in [6, 6.07) is 16.2. The predicted octanol–water partition coefficient (Wildman–Crippen LogP) is 3.70. The summed E-state index contributed by atoms with van der Waals surface area (Å²) in [4.78, 5) is 14.7. The number of Topliss-reactive ketones (excluding diaryl/α,β-unsaturated/α-hetero) is 1. The van der Waals surface area contributed by atoms with E-state index in [-0.39, 0.29) is 17.7 Å². The van der Waals surface area contributed by atoms with Gasteiger partial charge in [0, 0.05) is 24.1 Å². The van der Waals surface area contributed by atoms with E-state index in [1.54, 1.807) is 7.11 Å². The van der Waals surface area contributed by atoms with Crippen molar-refractivity contribution in [1.82, 2.24) is 4.90 Å². The number of hydrogen-bond acceptors (Lipinski definition) is 3. The summed E-state index contributed by atoms with van der Waals surface area (Å²) >= 11 is 0. The molecule has 2 atom stereocenters. The van der Waals surface area contributed by atoms with Crippen LogP contribution in [0.4, 0.5) is 0 Å². The van der Waals surface area contributed by atoms with Crippen LogP contribution in [0.25, 0.3) is 0 Å². The maximum absolute atomic E-state index is 12.5. The Morgan fingerprint density at radius 2 is 1.86 bits per heavy atom. The number of ketones is 1. The molecule has 0 saturated heterocycles. The largest absolute Gasteiger partial charge is 0.497 e. The Balaban J connectivity index is 1.92. The van der Waals surface area contributed by atoms with E-state index < -0.39 is 0 Å². The normalized spacial score (nSPS) is 20.3. The molecule has 114 valence electrons. The zero-order valence-corrected chi connectivity index (χ0v) is 13.2. The molecule has 3 rings (SSSR count). The Bertz CT molecular complexity index is 681. The van der Waals surface area contributed by atoms with Crippen LogP contribution in [0.1, 0.15) is 34.5 Å². The van der Waals surface area contributed by atoms with E-state index in [0.717, 1.165) is 23.4 Å². The minimum atomic E-state index is -0.0316. The van der Waals surface area contributed by atoms with Crippen molar-refractivity contribution in [2.24, 2.45) is 5.92 Å². The second kappa shape index (κ2) is 5.93. The van der Waals surface area contributed by atoms with E-state index in [2.05, 4.69) is 24.1 Å². The molecule has 0 radical (unpaired) electrons. The van der Waals surface area contributed by atoms with Crippen molar-refractivity contribution in [3.05, 3.63) is 65.2 Å². The Kier molecular flexibility index (Phi) is 3.99. The molecule has 0 fully saturated rings. The summed E-state index contributed by atoms with van der Waals surface area (Å²) in [5.41, 5.74) is 3.16. The van der Waals surface area contributed by atoms with Gasteiger partial charge in [-0.3, -0.25) is 9.69 Å². The average Bonchev–Trinajstić information content (AvgIpc) is 2.79. The van der Waals surface area contributed by atoms with Crippen LogP contribution in [0, 0.1) is 5.92 Å². The molecule has 0 aromatic heterocycles. The standard InChI is InChI=1S/C19H21NO2/c1-13-18(20(2)12-14-7-5-4-6-8-14)17-11-15(22-3)9-10-16(17)19(13)21/h4-11,13,18H,12H2,1-3H3. The molecule has 2 unspecified atom stereocenters. The first-order chi connectivity index (χ1) is 10.6. The molecular weight excluding hydrogens is 274 g/mol. The highest BCUT2D eigenvalue weighted by molar-refractivity contribution is 6.03. The highest BCUT2D eigenvalue weighted by Crippen LogP contribution is 2.41. The smallest absolute Gasteiger partial charge is 0.167 e. The molecule has 22 heavy (non-hydrogen) atoms. The Hall–Kier alpha value is -2.13. The maximum Gasteiger partial charge on any atom is 0.167 e. The van der Waals surface area contributed by atoms with E-state index in [1.165, 1.54) is 5.56 Å². The van der Waals surface area contributed by atoms with Gasteiger partial charge in [0.25, 0.3) is 0 Å². The predicted molar refractivity (Wildman–Crippen MR) is 87.1 cm³/mol. The van der Waals surface area contributed by atoms with E-state index in [9.17, 15) is 4.79 Å². The van der Waals surface area contributed by atoms with Gasteiger partial charge in [0.05, 0.1) is 7.11 Å². The fraction of sp³-hybridized carbons (Fsp3) is 0.316. The van der Waals surface area contributed by atoms with Gasteiger partial charge in [0.15, 0.2) is 5.78 Å². The van der Waals surface area contributed by atoms with Crippen LogP contribution in [-0.2, 0) is 6.54 Å². The van der Waals surface area contributed by atoms with Gasteiger partial charge in [-0.1, -0.05) is 37.3 Å². The topological polar surface area (TPSA) is 29.5 Å². The molecule has 3 heteroatoms. The van der Waals surface area contributed by atoms with E-state index in [0.29, 0.717) is 0 Å². The number of rotatable bonds is 4. The van der Waals surface area contributed by atoms with E-state index in [4.69, 9.17) is 4.74 Å². The number of methoxy groups -OCH3 is 1. The number of fused-ring (bicyclic) bond motifs is 1. The number of benzene rings is 2. The quantitative estimate of drug-likeness (QED) is 0.861. The molecule has 1 aliphatic rings. The van der Waals surface area contributed by atoms with Gasteiger partial charge in [-0.25, -0.2) is 0 Å². The lowest BCUT2D eigenvalue weighted by Gasteiger charge is -2.28. The van der Waals surface area contributed by atoms with Crippen molar-refractivity contribution in [2.45, 2.75) is 19.5 Å². The zero-order valence-electron chi connectivity index (χ0n) is 13.2. The number of carbonyl (C=O) groups is 1. The molecule has 2 aromatic carbocycles. The summed E-state index contributed by atoms with van der Waals surface area (Å²) in [6.45, 7) is 2.83. The van der Waals surface area contributed by atoms with Gasteiger partial charge in [-0.2, -0.15) is 0 Å². The summed E-state index contributed by atoms with van der Waals surface area (Å²) in [7, 11) is 3.74. The van der Waals surface area contributed by atoms with Crippen molar-refractivity contribution in [3.63, 3.8) is 0 Å². The Morgan fingerprint density at radius 3 is 2.55 bits per heavy atom. The van der Waals surface area contributed by atoms with Crippen LogP contribution in [0.2, 0.25) is 0 Å². The molecule has 3 nitrogen and oxygen atoms in total. The third-order valence-corrected chi connectivity index (χ3v) is 4.48. The van der Waals surface area contributed by atoms with Gasteiger partial charge in [0.2, 0.25) is 0 Å². The fourth-order valence-corrected chi connectivity index (χ4v) is 3.38. The molecular formula is C19H21NO2. The minimum Gasteiger partial charge on any atom is -0.497 e. The van der Waals surface area contributed by atoms with Crippen molar-refractivity contribution in [2.75, 3.05) is 14.2 Å². The monoisotopic (exact) mass is 295 g/mol. The highest BCUT2D eigenvalue weighted by Gasteiger charge is 2.39. The fourth-order valence-electron chi connectivity index (χ4n) is 3.38. The maximum atomic E-state index is 12.5. The van der Waals surface area contributed by atoms with Crippen molar-refractivity contribution in [1.29, 1.82) is 0 Å². The van der Waals surface area contributed by atoms with Crippen molar-refractivity contribution >= 4 is 5.78 Å². The van der Waals surface area contributed by atoms with E-state index >= 15 is 0 Å². The lowest BCUT2D eigenvalue weighted by molar-refractivity contribution is 0.0871. The van der Waals surface area contributed by atoms with Gasteiger partial charge in [-0.05, 0) is 36.4 Å². The number of hydrogen-bond donors (Lipinski definition) is 0. The third-order valence-electron chi connectivity index (χ3n) is 4.48. The summed E-state index contributed by atoms with van der Waals surface area (Å²) in [5, 5.41) is 0. The van der Waals surface area contributed by atoms with Gasteiger partial charge in [-0.15, -0.1) is 0 Å². The second-order valence-corrected chi connectivity index (χ2v) is 5.95. The molecule has 0 saturated carbocycles. The summed E-state index contributed by atoms with van der Waals surface area (Å²) in [6.07, 6.45) is 0. The van der Waals surface area contributed by atoms with Crippen molar-refractivity contribution in [3.8, 4) is 5.75 Å². The molecule has 0 heterocycles. The van der Waals surface area contributed by atoms with Gasteiger partial charge < -0.3 is 4.74 Å². The molecule has 1 aliphatic carbocycles. The molecule has 0 N–H and O–H groups in total. The molecule has 2 aromatic rings. The summed E-state index contributed by atoms with van der Waals surface area (Å²) < 4.78 is 5.33. The lowest BCUT2D eigenvalue weighted by atomic mass is 10.00. The number of nitrogens with zero attached hydrogens (tertiary/aromatic N) is 1. The average molecular weight is 295 g/mol. The molecule has 0 amide bonds. The van der Waals surface area contributed by atoms with Crippen LogP contribution in [0.3, 0.4) is 0 Å².